The van der Waals surface area contributed by atoms with Gasteiger partial charge >= 0.3 is 12.4 Å². The van der Waals surface area contributed by atoms with E-state index in [0.717, 1.165) is 13.0 Å². The molecule has 0 radical (unpaired) electrons. The molecule has 0 fully saturated rings. The van der Waals surface area contributed by atoms with Crippen molar-refractivity contribution in [1.29, 1.82) is 5.41 Å². The molecule has 1 aromatic carbocycles. The number of hydrogen-bond acceptors (Lipinski definition) is 5. The highest BCUT2D eigenvalue weighted by Gasteiger charge is 2.38. The van der Waals surface area contributed by atoms with Gasteiger partial charge in [0.15, 0.2) is 18.1 Å². The molecule has 0 saturated carbocycles. The number of carbonyl (C=O) groups excluding carboxylic acids is 1. The molecule has 5 N–H and O–H groups in total. The molecule has 7 nitrogen and oxygen atoms in total. The third-order valence-corrected chi connectivity index (χ3v) is 4.02. The minimum Gasteiger partial charge on any atom is -0.483 e. The number of ether oxygens (including phenoxy) is 1. The minimum atomic E-state index is -5.25. The number of amides is 1. The molecule has 0 bridgehead atoms. The van der Waals surface area contributed by atoms with Crippen LogP contribution in [-0.4, -0.2) is 35.6 Å². The van der Waals surface area contributed by atoms with Crippen molar-refractivity contribution in [2.75, 3.05) is 6.61 Å². The van der Waals surface area contributed by atoms with Gasteiger partial charge in [-0.3, -0.25) is 15.0 Å². The second-order valence-electron chi connectivity index (χ2n) is 6.67. The summed E-state index contributed by atoms with van der Waals surface area (Å²) in [6, 6.07) is 2.42. The summed E-state index contributed by atoms with van der Waals surface area (Å²) in [5, 5.41) is 8.75. The summed E-state index contributed by atoms with van der Waals surface area (Å²) in [7, 11) is 0. The second kappa shape index (κ2) is 9.52. The molecule has 0 aliphatic rings. The molecule has 1 heterocycles. The van der Waals surface area contributed by atoms with E-state index in [0.29, 0.717) is 18.2 Å². The van der Waals surface area contributed by atoms with E-state index in [2.05, 4.69) is 4.74 Å². The van der Waals surface area contributed by atoms with Gasteiger partial charge in [-0.25, -0.2) is 8.78 Å². The highest BCUT2D eigenvalue weighted by atomic mass is 19.4. The molecule has 15 heteroatoms. The molecule has 0 spiro atoms. The zero-order chi connectivity index (χ0) is 26.0. The average Bonchev–Trinajstić information content (AvgIpc) is 2.70. The Hall–Kier alpha value is -3.91. The monoisotopic (exact) mass is 498 g/mol. The summed E-state index contributed by atoms with van der Waals surface area (Å²) in [6.07, 6.45) is -10.2. The van der Waals surface area contributed by atoms with Crippen molar-refractivity contribution in [3.05, 3.63) is 63.2 Å². The standard InChI is InChI=1S/C19H14F8N4O3/c1-7(28)14(15(29)19(25,26)27)31-16(32)9-4-11(21)8(5-13(9)34-6-18(22,23)24)12-3-2-10(20)17(33)30-12/h2-5,29H,6,28H2,1H3,(H,30,33)(H,31,32). The van der Waals surface area contributed by atoms with Crippen molar-refractivity contribution in [3.8, 4) is 17.0 Å². The summed E-state index contributed by atoms with van der Waals surface area (Å²) < 4.78 is 109. The molecule has 0 saturated heterocycles. The SMILES string of the molecule is CC(N)=C(NC(=O)c1cc(F)c(-c2ccc(F)c(=O)[nH]2)cc1OCC(F)(F)F)C(=N)C(F)(F)F. The van der Waals surface area contributed by atoms with Crippen LogP contribution in [0.2, 0.25) is 0 Å². The summed E-state index contributed by atoms with van der Waals surface area (Å²) in [4.78, 5) is 25.9. The second-order valence-corrected chi connectivity index (χ2v) is 6.67. The summed E-state index contributed by atoms with van der Waals surface area (Å²) >= 11 is 0. The molecule has 2 aromatic rings. The van der Waals surface area contributed by atoms with Gasteiger partial charge < -0.3 is 20.8 Å². The summed E-state index contributed by atoms with van der Waals surface area (Å²) in [6.45, 7) is -1.07. The number of benzene rings is 1. The molecule has 0 unspecified atom stereocenters. The molecule has 2 rings (SSSR count). The van der Waals surface area contributed by atoms with Gasteiger partial charge in [0.1, 0.15) is 11.6 Å². The number of rotatable bonds is 6. The fourth-order valence-electron chi connectivity index (χ4n) is 2.51. The van der Waals surface area contributed by atoms with Crippen molar-refractivity contribution in [2.45, 2.75) is 19.3 Å². The van der Waals surface area contributed by atoms with Gasteiger partial charge in [0, 0.05) is 11.3 Å². The van der Waals surface area contributed by atoms with Crippen LogP contribution in [-0.2, 0) is 0 Å². The van der Waals surface area contributed by atoms with E-state index in [-0.39, 0.29) is 0 Å². The molecular formula is C19H14F8N4O3. The average molecular weight is 498 g/mol. The molecular weight excluding hydrogens is 484 g/mol. The number of pyridine rings is 1. The fourth-order valence-corrected chi connectivity index (χ4v) is 2.51. The number of aromatic amines is 1. The van der Waals surface area contributed by atoms with Crippen LogP contribution in [0.15, 0.2) is 40.5 Å². The Bertz CT molecular complexity index is 1210. The van der Waals surface area contributed by atoms with Crippen LogP contribution in [0.5, 0.6) is 5.75 Å². The number of H-pyrrole nitrogens is 1. The zero-order valence-electron chi connectivity index (χ0n) is 16.8. The number of halogens is 8. The first kappa shape index (κ1) is 26.3. The Morgan fingerprint density at radius 3 is 2.24 bits per heavy atom. The lowest BCUT2D eigenvalue weighted by atomic mass is 10.0. The van der Waals surface area contributed by atoms with Gasteiger partial charge in [-0.2, -0.15) is 26.3 Å². The first-order chi connectivity index (χ1) is 15.5. The maximum absolute atomic E-state index is 14.7. The highest BCUT2D eigenvalue weighted by molar-refractivity contribution is 6.08. The predicted molar refractivity (Wildman–Crippen MR) is 102 cm³/mol. The van der Waals surface area contributed by atoms with Gasteiger partial charge in [0.05, 0.1) is 17.0 Å². The van der Waals surface area contributed by atoms with Crippen LogP contribution >= 0.6 is 0 Å². The van der Waals surface area contributed by atoms with Crippen LogP contribution < -0.4 is 21.3 Å². The molecule has 0 atom stereocenters. The molecule has 34 heavy (non-hydrogen) atoms. The maximum Gasteiger partial charge on any atom is 0.434 e. The molecule has 0 aliphatic carbocycles. The highest BCUT2D eigenvalue weighted by Crippen LogP contribution is 2.31. The first-order valence-electron chi connectivity index (χ1n) is 8.87. The minimum absolute atomic E-state index is 0.332. The van der Waals surface area contributed by atoms with Gasteiger partial charge in [0.2, 0.25) is 0 Å². The Morgan fingerprint density at radius 1 is 1.12 bits per heavy atom. The van der Waals surface area contributed by atoms with E-state index >= 15 is 0 Å². The Kier molecular flexibility index (Phi) is 7.38. The fraction of sp³-hybridized carbons (Fsp3) is 0.211. The lowest BCUT2D eigenvalue weighted by molar-refractivity contribution is -0.153. The predicted octanol–water partition coefficient (Wildman–Crippen LogP) is 3.76. The van der Waals surface area contributed by atoms with E-state index in [1.165, 1.54) is 0 Å². The van der Waals surface area contributed by atoms with E-state index in [9.17, 15) is 44.7 Å². The largest absolute Gasteiger partial charge is 0.483 e. The van der Waals surface area contributed by atoms with Crippen molar-refractivity contribution < 1.29 is 44.7 Å². The molecule has 0 aliphatic heterocycles. The Morgan fingerprint density at radius 2 is 1.74 bits per heavy atom. The molecule has 184 valence electrons. The number of nitrogens with two attached hydrogens (primary N) is 1. The van der Waals surface area contributed by atoms with E-state index in [4.69, 9.17) is 11.1 Å². The summed E-state index contributed by atoms with van der Waals surface area (Å²) in [5.41, 5.74) is -1.96. The van der Waals surface area contributed by atoms with Gasteiger partial charge in [-0.05, 0) is 31.2 Å². The van der Waals surface area contributed by atoms with Gasteiger partial charge in [-0.1, -0.05) is 0 Å². The smallest absolute Gasteiger partial charge is 0.434 e. The molecule has 1 amide bonds. The topological polar surface area (TPSA) is 121 Å². The van der Waals surface area contributed by atoms with Crippen LogP contribution in [0.4, 0.5) is 35.1 Å². The third-order valence-electron chi connectivity index (χ3n) is 4.02. The number of carbonyl (C=O) groups is 1. The zero-order valence-corrected chi connectivity index (χ0v) is 16.8. The van der Waals surface area contributed by atoms with Gasteiger partial charge in [0.25, 0.3) is 11.5 Å². The van der Waals surface area contributed by atoms with Crippen LogP contribution in [0, 0.1) is 17.0 Å². The van der Waals surface area contributed by atoms with Crippen molar-refractivity contribution in [3.63, 3.8) is 0 Å². The van der Waals surface area contributed by atoms with Crippen LogP contribution in [0.25, 0.3) is 11.3 Å². The molecule has 1 aromatic heterocycles. The van der Waals surface area contributed by atoms with Crippen LogP contribution in [0.3, 0.4) is 0 Å². The third kappa shape index (κ3) is 6.32. The Labute approximate surface area is 184 Å². The number of allylic oxidation sites excluding steroid dienone is 2. The quantitative estimate of drug-likeness (QED) is 0.358. The van der Waals surface area contributed by atoms with Crippen molar-refractivity contribution in [1.82, 2.24) is 10.3 Å². The first-order valence-corrected chi connectivity index (χ1v) is 8.87. The van der Waals surface area contributed by atoms with Crippen molar-refractivity contribution in [2.24, 2.45) is 5.73 Å². The normalized spacial score (nSPS) is 12.7. The van der Waals surface area contributed by atoms with E-state index in [1.54, 1.807) is 5.32 Å². The lowest BCUT2D eigenvalue weighted by Gasteiger charge is -2.18. The number of nitrogens with one attached hydrogen (secondary N) is 3. The number of aromatic nitrogens is 1. The number of hydrogen-bond donors (Lipinski definition) is 4. The summed E-state index contributed by atoms with van der Waals surface area (Å²) in [5.74, 6) is -5.09. The van der Waals surface area contributed by atoms with E-state index in [1.807, 2.05) is 4.98 Å². The van der Waals surface area contributed by atoms with E-state index < -0.39 is 81.7 Å². The van der Waals surface area contributed by atoms with Crippen molar-refractivity contribution >= 4 is 11.6 Å². The van der Waals surface area contributed by atoms with Gasteiger partial charge in [-0.15, -0.1) is 0 Å². The Balaban J connectivity index is 2.59. The maximum atomic E-state index is 14.7. The van der Waals surface area contributed by atoms with Crippen LogP contribution in [0.1, 0.15) is 17.3 Å². The lowest BCUT2D eigenvalue weighted by Crippen LogP contribution is -2.36. The number of alkyl halides is 6.